The van der Waals surface area contributed by atoms with Gasteiger partial charge in [-0.15, -0.1) is 6.58 Å². The highest BCUT2D eigenvalue weighted by Gasteiger charge is 2.25. The van der Waals surface area contributed by atoms with E-state index in [1.165, 1.54) is 5.56 Å². The van der Waals surface area contributed by atoms with Crippen molar-refractivity contribution in [3.05, 3.63) is 48.0 Å². The van der Waals surface area contributed by atoms with E-state index in [0.717, 1.165) is 5.56 Å². The highest BCUT2D eigenvalue weighted by molar-refractivity contribution is 7.48. The van der Waals surface area contributed by atoms with Gasteiger partial charge in [-0.25, -0.2) is 4.57 Å². The molecule has 1 atom stereocenters. The molecule has 0 heterocycles. The van der Waals surface area contributed by atoms with E-state index in [4.69, 9.17) is 13.6 Å². The maximum absolute atomic E-state index is 12.1. The van der Waals surface area contributed by atoms with E-state index < -0.39 is 7.82 Å². The lowest BCUT2D eigenvalue weighted by atomic mass is 10.0. The quantitative estimate of drug-likeness (QED) is 0.491. The second-order valence-electron chi connectivity index (χ2n) is 4.32. The Morgan fingerprint density at radius 1 is 1.15 bits per heavy atom. The number of allylic oxidation sites excluding steroid dienone is 1. The molecule has 4 nitrogen and oxygen atoms in total. The number of hydrogen-bond donors (Lipinski definition) is 0. The molecule has 0 radical (unpaired) electrons. The van der Waals surface area contributed by atoms with Gasteiger partial charge in [0, 0.05) is 0 Å². The van der Waals surface area contributed by atoms with Gasteiger partial charge >= 0.3 is 7.82 Å². The average molecular weight is 298 g/mol. The molecule has 0 fully saturated rings. The lowest BCUT2D eigenvalue weighted by Gasteiger charge is -2.16. The summed E-state index contributed by atoms with van der Waals surface area (Å²) in [4.78, 5) is 0. The van der Waals surface area contributed by atoms with Gasteiger partial charge in [0.25, 0.3) is 0 Å². The van der Waals surface area contributed by atoms with E-state index in [2.05, 4.69) is 13.5 Å². The van der Waals surface area contributed by atoms with Gasteiger partial charge in [-0.2, -0.15) is 0 Å². The Bertz CT molecular complexity index is 445. The molecule has 5 heteroatoms. The first-order chi connectivity index (χ1) is 9.54. The second kappa shape index (κ2) is 8.38. The van der Waals surface area contributed by atoms with Crippen molar-refractivity contribution in [3.8, 4) is 0 Å². The topological polar surface area (TPSA) is 44.8 Å². The van der Waals surface area contributed by atoms with Crippen LogP contribution in [0.2, 0.25) is 0 Å². The molecule has 1 unspecified atom stereocenters. The van der Waals surface area contributed by atoms with E-state index in [1.54, 1.807) is 13.8 Å². The number of phosphoric acid groups is 1. The lowest BCUT2D eigenvalue weighted by molar-refractivity contribution is 0.116. The summed E-state index contributed by atoms with van der Waals surface area (Å²) in [5.41, 5.74) is 2.10. The van der Waals surface area contributed by atoms with Gasteiger partial charge in [-0.1, -0.05) is 37.3 Å². The first-order valence-electron chi connectivity index (χ1n) is 6.79. The van der Waals surface area contributed by atoms with Crippen LogP contribution < -0.4 is 0 Å². The summed E-state index contributed by atoms with van der Waals surface area (Å²) in [6, 6.07) is 7.91. The Labute approximate surface area is 121 Å². The highest BCUT2D eigenvalue weighted by atomic mass is 31.2. The van der Waals surface area contributed by atoms with E-state index in [-0.39, 0.29) is 19.8 Å². The summed E-state index contributed by atoms with van der Waals surface area (Å²) in [5, 5.41) is 0. The normalized spacial score (nSPS) is 13.2. The summed E-state index contributed by atoms with van der Waals surface area (Å²) in [6.45, 7) is 10.1. The SMILES string of the molecule is C=CC(C)c1ccc(COP(=O)(OCC)OCC)cc1. The summed E-state index contributed by atoms with van der Waals surface area (Å²) in [5.74, 6) is 0.308. The highest BCUT2D eigenvalue weighted by Crippen LogP contribution is 2.49. The first-order valence-corrected chi connectivity index (χ1v) is 8.25. The van der Waals surface area contributed by atoms with Crippen molar-refractivity contribution in [3.63, 3.8) is 0 Å². The molecule has 1 aromatic rings. The zero-order valence-electron chi connectivity index (χ0n) is 12.4. The van der Waals surface area contributed by atoms with Gasteiger partial charge in [0.1, 0.15) is 0 Å². The molecule has 0 N–H and O–H groups in total. The summed E-state index contributed by atoms with van der Waals surface area (Å²) >= 11 is 0. The molecule has 0 aliphatic heterocycles. The fourth-order valence-electron chi connectivity index (χ4n) is 1.64. The smallest absolute Gasteiger partial charge is 0.287 e. The summed E-state index contributed by atoms with van der Waals surface area (Å²) < 4.78 is 27.6. The molecule has 1 aromatic carbocycles. The molecule has 112 valence electrons. The summed E-state index contributed by atoms with van der Waals surface area (Å²) in [6.07, 6.45) is 1.89. The van der Waals surface area contributed by atoms with Crippen molar-refractivity contribution in [2.45, 2.75) is 33.3 Å². The van der Waals surface area contributed by atoms with E-state index in [1.807, 2.05) is 30.3 Å². The molecule has 0 aromatic heterocycles. The lowest BCUT2D eigenvalue weighted by Crippen LogP contribution is -2.00. The van der Waals surface area contributed by atoms with Crippen LogP contribution in [0.25, 0.3) is 0 Å². The van der Waals surface area contributed by atoms with Crippen molar-refractivity contribution >= 4 is 7.82 Å². The minimum Gasteiger partial charge on any atom is -0.287 e. The van der Waals surface area contributed by atoms with Crippen LogP contribution >= 0.6 is 7.82 Å². The molecular weight excluding hydrogens is 275 g/mol. The monoisotopic (exact) mass is 298 g/mol. The Kier molecular flexibility index (Phi) is 7.17. The van der Waals surface area contributed by atoms with Crippen LogP contribution in [-0.2, 0) is 24.7 Å². The number of rotatable bonds is 9. The molecule has 0 spiro atoms. The maximum atomic E-state index is 12.1. The van der Waals surface area contributed by atoms with E-state index >= 15 is 0 Å². The molecule has 0 saturated heterocycles. The first kappa shape index (κ1) is 17.1. The van der Waals surface area contributed by atoms with Gasteiger partial charge in [0.05, 0.1) is 19.8 Å². The van der Waals surface area contributed by atoms with E-state index in [9.17, 15) is 4.57 Å². The van der Waals surface area contributed by atoms with Gasteiger partial charge in [-0.05, 0) is 30.9 Å². The molecule has 0 aliphatic rings. The fourth-order valence-corrected chi connectivity index (χ4v) is 2.80. The van der Waals surface area contributed by atoms with Crippen LogP contribution in [0.15, 0.2) is 36.9 Å². The maximum Gasteiger partial charge on any atom is 0.475 e. The van der Waals surface area contributed by atoms with Crippen molar-refractivity contribution < 1.29 is 18.1 Å². The zero-order chi connectivity index (χ0) is 15.0. The predicted molar refractivity (Wildman–Crippen MR) is 80.7 cm³/mol. The zero-order valence-corrected chi connectivity index (χ0v) is 13.3. The number of phosphoric ester groups is 1. The van der Waals surface area contributed by atoms with Crippen molar-refractivity contribution in [2.24, 2.45) is 0 Å². The molecule has 20 heavy (non-hydrogen) atoms. The molecular formula is C15H23O4P. The van der Waals surface area contributed by atoms with Crippen molar-refractivity contribution in [1.29, 1.82) is 0 Å². The van der Waals surface area contributed by atoms with Crippen LogP contribution in [0.4, 0.5) is 0 Å². The molecule has 0 amide bonds. The third-order valence-corrected chi connectivity index (χ3v) is 4.42. The van der Waals surface area contributed by atoms with Crippen LogP contribution in [0.3, 0.4) is 0 Å². The number of benzene rings is 1. The molecule has 0 bridgehead atoms. The Hall–Kier alpha value is -0.930. The summed E-state index contributed by atoms with van der Waals surface area (Å²) in [7, 11) is -3.44. The second-order valence-corrected chi connectivity index (χ2v) is 5.99. The molecule has 0 aliphatic carbocycles. The minimum atomic E-state index is -3.44. The Morgan fingerprint density at radius 3 is 2.15 bits per heavy atom. The predicted octanol–water partition coefficient (Wildman–Crippen LogP) is 4.67. The largest absolute Gasteiger partial charge is 0.475 e. The molecule has 0 saturated carbocycles. The Morgan fingerprint density at radius 2 is 1.70 bits per heavy atom. The van der Waals surface area contributed by atoms with Gasteiger partial charge in [0.15, 0.2) is 0 Å². The van der Waals surface area contributed by atoms with Crippen LogP contribution in [-0.4, -0.2) is 13.2 Å². The third-order valence-electron chi connectivity index (χ3n) is 2.82. The van der Waals surface area contributed by atoms with Gasteiger partial charge < -0.3 is 0 Å². The standard InChI is InChI=1S/C15H23O4P/c1-5-13(4)15-10-8-14(9-11-15)12-19-20(16,17-6-2)18-7-3/h5,8-11,13H,1,6-7,12H2,2-4H3. The fraction of sp³-hybridized carbons (Fsp3) is 0.467. The van der Waals surface area contributed by atoms with Crippen molar-refractivity contribution in [2.75, 3.05) is 13.2 Å². The van der Waals surface area contributed by atoms with E-state index in [0.29, 0.717) is 5.92 Å². The van der Waals surface area contributed by atoms with Gasteiger partial charge in [0.2, 0.25) is 0 Å². The van der Waals surface area contributed by atoms with Crippen molar-refractivity contribution in [1.82, 2.24) is 0 Å². The molecule has 1 rings (SSSR count). The van der Waals surface area contributed by atoms with Crippen LogP contribution in [0.5, 0.6) is 0 Å². The number of hydrogen-bond acceptors (Lipinski definition) is 4. The third kappa shape index (κ3) is 5.22. The van der Waals surface area contributed by atoms with Gasteiger partial charge in [-0.3, -0.25) is 13.6 Å². The Balaban J connectivity index is 2.64. The minimum absolute atomic E-state index is 0.194. The average Bonchev–Trinajstić information content (AvgIpc) is 2.45. The van der Waals surface area contributed by atoms with Crippen LogP contribution in [0, 0.1) is 0 Å². The van der Waals surface area contributed by atoms with Crippen LogP contribution in [0.1, 0.15) is 37.8 Å².